The second kappa shape index (κ2) is 8.47. The molecular formula is C21H19F4O2Si. The molecule has 0 heterocycles. The van der Waals surface area contributed by atoms with Crippen LogP contribution in [0.2, 0.25) is 6.04 Å². The molecule has 7 heteroatoms. The molecule has 0 atom stereocenters. The lowest BCUT2D eigenvalue weighted by Gasteiger charge is -2.28. The molecule has 0 aromatic heterocycles. The van der Waals surface area contributed by atoms with Gasteiger partial charge in [0.15, 0.2) is 0 Å². The highest BCUT2D eigenvalue weighted by Gasteiger charge is 2.26. The minimum absolute atomic E-state index is 0.0313. The van der Waals surface area contributed by atoms with Crippen LogP contribution in [0, 0.1) is 36.1 Å². The van der Waals surface area contributed by atoms with E-state index in [4.69, 9.17) is 4.74 Å². The summed E-state index contributed by atoms with van der Waals surface area (Å²) in [6.07, 6.45) is 3.57. The third kappa shape index (κ3) is 4.29. The monoisotopic (exact) mass is 407 g/mol. The third-order valence-electron chi connectivity index (χ3n) is 5.34. The first-order valence-electron chi connectivity index (χ1n) is 9.11. The van der Waals surface area contributed by atoms with Crippen LogP contribution in [-0.2, 0) is 0 Å². The number of benzene rings is 2. The van der Waals surface area contributed by atoms with Crippen molar-refractivity contribution in [3.8, 4) is 5.75 Å². The number of hydrogen-bond donors (Lipinski definition) is 0. The van der Waals surface area contributed by atoms with Crippen molar-refractivity contribution in [3.63, 3.8) is 0 Å². The average Bonchev–Trinajstić information content (AvgIpc) is 2.65. The number of carbonyl (C=O) groups excluding carboxylic acids is 1. The largest absolute Gasteiger partial charge is 0.423 e. The van der Waals surface area contributed by atoms with Crippen LogP contribution < -0.4 is 4.74 Å². The summed E-state index contributed by atoms with van der Waals surface area (Å²) in [5, 5.41) is 0. The molecule has 0 amide bonds. The van der Waals surface area contributed by atoms with Crippen LogP contribution in [-0.4, -0.2) is 16.2 Å². The number of halogens is 4. The average molecular weight is 407 g/mol. The summed E-state index contributed by atoms with van der Waals surface area (Å²) >= 11 is 0. The minimum Gasteiger partial charge on any atom is -0.423 e. The summed E-state index contributed by atoms with van der Waals surface area (Å²) in [6, 6.07) is 4.79. The van der Waals surface area contributed by atoms with Crippen LogP contribution in [0.15, 0.2) is 24.3 Å². The summed E-state index contributed by atoms with van der Waals surface area (Å²) in [4.78, 5) is 12.2. The zero-order valence-corrected chi connectivity index (χ0v) is 16.3. The fourth-order valence-corrected chi connectivity index (χ4v) is 3.97. The van der Waals surface area contributed by atoms with E-state index in [0.29, 0.717) is 11.5 Å². The topological polar surface area (TPSA) is 26.3 Å². The Morgan fingerprint density at radius 3 is 2.00 bits per heavy atom. The third-order valence-corrected chi connectivity index (χ3v) is 5.92. The van der Waals surface area contributed by atoms with Gasteiger partial charge < -0.3 is 4.74 Å². The first-order chi connectivity index (χ1) is 13.3. The molecule has 0 unspecified atom stereocenters. The first-order valence-corrected chi connectivity index (χ1v) is 9.82. The molecule has 0 N–H and O–H groups in total. The Morgan fingerprint density at radius 2 is 1.50 bits per heavy atom. The Labute approximate surface area is 164 Å². The van der Waals surface area contributed by atoms with Crippen LogP contribution in [0.5, 0.6) is 5.75 Å². The molecule has 0 spiro atoms. The summed E-state index contributed by atoms with van der Waals surface area (Å²) in [5.41, 5.74) is -0.610. The van der Waals surface area contributed by atoms with E-state index in [-0.39, 0.29) is 11.5 Å². The molecule has 147 valence electrons. The SMILES string of the molecule is Cc1c(F)cc(OC(=O)c2c(F)cc(C3CCC(C[Si])CC3)cc2F)cc1F. The number of ether oxygens (including phenoxy) is 1. The van der Waals surface area contributed by atoms with E-state index >= 15 is 0 Å². The van der Waals surface area contributed by atoms with E-state index in [2.05, 4.69) is 10.2 Å². The molecule has 2 nitrogen and oxygen atoms in total. The van der Waals surface area contributed by atoms with Crippen molar-refractivity contribution in [2.75, 3.05) is 0 Å². The summed E-state index contributed by atoms with van der Waals surface area (Å²) < 4.78 is 60.9. The molecule has 0 saturated heterocycles. The standard InChI is InChI=1S/C21H19F4O2Si/c1-11-16(22)8-15(9-17(11)23)27-21(26)20-18(24)6-14(7-19(20)25)13-4-2-12(10-28)3-5-13/h6-9,12-13H,2-5,10H2,1H3. The maximum atomic E-state index is 14.5. The van der Waals surface area contributed by atoms with Gasteiger partial charge in [0.2, 0.25) is 0 Å². The molecule has 0 bridgehead atoms. The molecule has 3 rings (SSSR count). The van der Waals surface area contributed by atoms with Crippen molar-refractivity contribution in [1.82, 2.24) is 0 Å². The predicted octanol–water partition coefficient (Wildman–Crippen LogP) is 5.63. The Kier molecular flexibility index (Phi) is 6.22. The first kappa shape index (κ1) is 20.6. The quantitative estimate of drug-likeness (QED) is 0.284. The smallest absolute Gasteiger partial charge is 0.349 e. The van der Waals surface area contributed by atoms with E-state index in [1.54, 1.807) is 0 Å². The van der Waals surface area contributed by atoms with Crippen molar-refractivity contribution in [3.05, 3.63) is 64.2 Å². The van der Waals surface area contributed by atoms with Crippen LogP contribution in [0.4, 0.5) is 17.6 Å². The number of hydrogen-bond acceptors (Lipinski definition) is 2. The van der Waals surface area contributed by atoms with Crippen LogP contribution in [0.25, 0.3) is 0 Å². The van der Waals surface area contributed by atoms with E-state index < -0.39 is 40.6 Å². The Morgan fingerprint density at radius 1 is 0.964 bits per heavy atom. The zero-order chi connectivity index (χ0) is 20.4. The lowest BCUT2D eigenvalue weighted by molar-refractivity contribution is 0.0723. The van der Waals surface area contributed by atoms with Crippen LogP contribution >= 0.6 is 0 Å². The van der Waals surface area contributed by atoms with Gasteiger partial charge in [-0.1, -0.05) is 18.9 Å². The molecule has 2 aromatic carbocycles. The molecule has 1 aliphatic rings. The van der Waals surface area contributed by atoms with Crippen LogP contribution in [0.3, 0.4) is 0 Å². The van der Waals surface area contributed by atoms with Gasteiger partial charge in [0.25, 0.3) is 0 Å². The Bertz CT molecular complexity index is 846. The zero-order valence-electron chi connectivity index (χ0n) is 15.3. The summed E-state index contributed by atoms with van der Waals surface area (Å²) in [5.74, 6) is -5.13. The fraction of sp³-hybridized carbons (Fsp3) is 0.381. The number of esters is 1. The van der Waals surface area contributed by atoms with Crippen molar-refractivity contribution in [2.24, 2.45) is 5.92 Å². The highest BCUT2D eigenvalue weighted by molar-refractivity contribution is 6.08. The van der Waals surface area contributed by atoms with E-state index in [1.807, 2.05) is 0 Å². The molecule has 28 heavy (non-hydrogen) atoms. The summed E-state index contributed by atoms with van der Waals surface area (Å²) in [6.45, 7) is 1.22. The van der Waals surface area contributed by atoms with E-state index in [1.165, 1.54) is 6.92 Å². The van der Waals surface area contributed by atoms with Gasteiger partial charge in [-0.2, -0.15) is 0 Å². The molecule has 1 saturated carbocycles. The molecule has 2 aromatic rings. The van der Waals surface area contributed by atoms with Gasteiger partial charge in [-0.05, 0) is 49.3 Å². The molecule has 1 aliphatic carbocycles. The van der Waals surface area contributed by atoms with Crippen molar-refractivity contribution >= 4 is 16.2 Å². The van der Waals surface area contributed by atoms with Gasteiger partial charge in [-0.25, -0.2) is 22.4 Å². The van der Waals surface area contributed by atoms with Gasteiger partial charge in [0.1, 0.15) is 34.6 Å². The maximum absolute atomic E-state index is 14.5. The highest BCUT2D eigenvalue weighted by Crippen LogP contribution is 2.37. The van der Waals surface area contributed by atoms with E-state index in [9.17, 15) is 22.4 Å². The van der Waals surface area contributed by atoms with Crippen molar-refractivity contribution in [1.29, 1.82) is 0 Å². The molecule has 0 aliphatic heterocycles. The second-order valence-electron chi connectivity index (χ2n) is 7.18. The normalized spacial score (nSPS) is 19.5. The number of carbonyl (C=O) groups is 1. The predicted molar refractivity (Wildman–Crippen MR) is 97.7 cm³/mol. The van der Waals surface area contributed by atoms with Crippen molar-refractivity contribution in [2.45, 2.75) is 44.6 Å². The van der Waals surface area contributed by atoms with Crippen LogP contribution in [0.1, 0.15) is 53.1 Å². The Balaban J connectivity index is 1.80. The van der Waals surface area contributed by atoms with Gasteiger partial charge >= 0.3 is 5.97 Å². The van der Waals surface area contributed by atoms with Gasteiger partial charge in [-0.15, -0.1) is 0 Å². The van der Waals surface area contributed by atoms with Gasteiger partial charge in [-0.3, -0.25) is 0 Å². The van der Waals surface area contributed by atoms with Gasteiger partial charge in [0, 0.05) is 27.9 Å². The Hall–Kier alpha value is -2.15. The highest BCUT2D eigenvalue weighted by atomic mass is 28.1. The number of rotatable bonds is 4. The lowest BCUT2D eigenvalue weighted by atomic mass is 9.79. The molecule has 1 fully saturated rings. The molecular weight excluding hydrogens is 388 g/mol. The summed E-state index contributed by atoms with van der Waals surface area (Å²) in [7, 11) is 3.51. The van der Waals surface area contributed by atoms with Gasteiger partial charge in [0.05, 0.1) is 0 Å². The molecule has 3 radical (unpaired) electrons. The maximum Gasteiger partial charge on any atom is 0.349 e. The second-order valence-corrected chi connectivity index (χ2v) is 7.59. The fourth-order valence-electron chi connectivity index (χ4n) is 3.56. The van der Waals surface area contributed by atoms with Crippen molar-refractivity contribution < 1.29 is 27.1 Å². The lowest BCUT2D eigenvalue weighted by Crippen LogP contribution is -2.16. The minimum atomic E-state index is -1.34. The van der Waals surface area contributed by atoms with E-state index in [0.717, 1.165) is 56.0 Å².